The Balaban J connectivity index is 1.06. The maximum atomic E-state index is 12.7. The number of nitrogens with zero attached hydrogens (tertiary/aromatic N) is 4. The average molecular weight is 460 g/mol. The lowest BCUT2D eigenvalue weighted by molar-refractivity contribution is -0.123. The Kier molecular flexibility index (Phi) is 6.74. The van der Waals surface area contributed by atoms with Crippen molar-refractivity contribution in [2.24, 2.45) is 0 Å². The van der Waals surface area contributed by atoms with E-state index in [1.807, 2.05) is 12.1 Å². The van der Waals surface area contributed by atoms with Crippen LogP contribution in [-0.4, -0.2) is 65.1 Å². The first kappa shape index (κ1) is 22.7. The summed E-state index contributed by atoms with van der Waals surface area (Å²) in [7, 11) is 0. The van der Waals surface area contributed by atoms with Gasteiger partial charge in [0.05, 0.1) is 13.1 Å². The lowest BCUT2D eigenvalue weighted by Crippen LogP contribution is -2.51. The largest absolute Gasteiger partial charge is 0.354 e. The van der Waals surface area contributed by atoms with Gasteiger partial charge in [0.25, 0.3) is 0 Å². The summed E-state index contributed by atoms with van der Waals surface area (Å²) in [6, 6.07) is 18.7. The van der Waals surface area contributed by atoms with Gasteiger partial charge in [0.15, 0.2) is 0 Å². The molecule has 178 valence electrons. The molecule has 5 rings (SSSR count). The Bertz CT molecular complexity index is 1080. The third kappa shape index (κ3) is 5.21. The molecule has 3 aromatic rings. The molecule has 0 radical (unpaired) electrons. The van der Waals surface area contributed by atoms with E-state index in [0.29, 0.717) is 24.8 Å². The predicted molar refractivity (Wildman–Crippen MR) is 131 cm³/mol. The summed E-state index contributed by atoms with van der Waals surface area (Å²) in [5, 5.41) is 7.35. The normalized spacial score (nSPS) is 18.4. The third-order valence-electron chi connectivity index (χ3n) is 7.29. The van der Waals surface area contributed by atoms with Crippen molar-refractivity contribution in [3.63, 3.8) is 0 Å². The van der Waals surface area contributed by atoms with Gasteiger partial charge in [0.2, 0.25) is 17.6 Å². The number of carbonyl (C=O) groups is 1. The molecule has 2 heterocycles. The molecule has 34 heavy (non-hydrogen) atoms. The number of nitrogens with one attached hydrogen (secondary N) is 1. The smallest absolute Gasteiger partial charge is 0.241 e. The maximum Gasteiger partial charge on any atom is 0.241 e. The number of hydrogen-bond acceptors (Lipinski definition) is 6. The van der Waals surface area contributed by atoms with Crippen LogP contribution in [0, 0.1) is 6.92 Å². The topological polar surface area (TPSA) is 74.5 Å². The van der Waals surface area contributed by atoms with E-state index in [1.54, 1.807) is 0 Å². The minimum atomic E-state index is 0.121. The van der Waals surface area contributed by atoms with Gasteiger partial charge in [-0.05, 0) is 25.3 Å². The monoisotopic (exact) mass is 459 g/mol. The zero-order chi connectivity index (χ0) is 23.4. The Morgan fingerprint density at radius 3 is 2.38 bits per heavy atom. The second kappa shape index (κ2) is 10.1. The average Bonchev–Trinajstić information content (AvgIpc) is 3.29. The summed E-state index contributed by atoms with van der Waals surface area (Å²) < 4.78 is 5.48. The highest BCUT2D eigenvalue weighted by Gasteiger charge is 2.38. The number of rotatable bonds is 8. The van der Waals surface area contributed by atoms with E-state index in [4.69, 9.17) is 4.52 Å². The molecule has 1 aromatic heterocycles. The van der Waals surface area contributed by atoms with Crippen LogP contribution in [0.3, 0.4) is 0 Å². The van der Waals surface area contributed by atoms with Gasteiger partial charge in [0, 0.05) is 43.7 Å². The fraction of sp³-hybridized carbons (Fsp3) is 0.444. The van der Waals surface area contributed by atoms with Crippen LogP contribution in [0.2, 0.25) is 0 Å². The number of amides is 1. The molecule has 7 nitrogen and oxygen atoms in total. The number of benzene rings is 2. The molecule has 0 spiro atoms. The van der Waals surface area contributed by atoms with Crippen LogP contribution in [0.15, 0.2) is 59.1 Å². The Hall–Kier alpha value is -3.03. The molecule has 2 aromatic carbocycles. The highest BCUT2D eigenvalue weighted by molar-refractivity contribution is 5.78. The molecule has 1 aliphatic carbocycles. The second-order valence-electron chi connectivity index (χ2n) is 9.71. The predicted octanol–water partition coefficient (Wildman–Crippen LogP) is 3.40. The Morgan fingerprint density at radius 2 is 1.71 bits per heavy atom. The van der Waals surface area contributed by atoms with E-state index >= 15 is 0 Å². The number of carbonyl (C=O) groups excluding carboxylic acids is 1. The standard InChI is InChI=1S/C27H33N5O2/c1-21-8-10-22(11-9-21)26-29-25(34-30-26)19-32-16-14-31(15-17-32)18-24(33)28-20-27(12-5-13-27)23-6-3-2-4-7-23/h2-4,6-11H,5,12-20H2,1H3,(H,28,33). The molecule has 1 N–H and O–H groups in total. The third-order valence-corrected chi connectivity index (χ3v) is 7.29. The first-order valence-corrected chi connectivity index (χ1v) is 12.3. The summed E-state index contributed by atoms with van der Waals surface area (Å²) in [5.74, 6) is 1.38. The van der Waals surface area contributed by atoms with Crippen molar-refractivity contribution < 1.29 is 9.32 Å². The number of hydrogen-bond donors (Lipinski definition) is 1. The van der Waals surface area contributed by atoms with Gasteiger partial charge in [-0.25, -0.2) is 0 Å². The summed E-state index contributed by atoms with van der Waals surface area (Å²) in [4.78, 5) is 21.8. The Labute approximate surface area is 201 Å². The van der Waals surface area contributed by atoms with E-state index in [0.717, 1.165) is 51.1 Å². The van der Waals surface area contributed by atoms with Gasteiger partial charge >= 0.3 is 0 Å². The van der Waals surface area contributed by atoms with Gasteiger partial charge in [-0.3, -0.25) is 14.6 Å². The van der Waals surface area contributed by atoms with Gasteiger partial charge < -0.3 is 9.84 Å². The van der Waals surface area contributed by atoms with Crippen molar-refractivity contribution in [1.29, 1.82) is 0 Å². The summed E-state index contributed by atoms with van der Waals surface area (Å²) in [6.07, 6.45) is 3.54. The molecule has 1 aliphatic heterocycles. The van der Waals surface area contributed by atoms with E-state index in [1.165, 1.54) is 17.5 Å². The van der Waals surface area contributed by atoms with Crippen molar-refractivity contribution in [3.8, 4) is 11.4 Å². The van der Waals surface area contributed by atoms with E-state index in [-0.39, 0.29) is 11.3 Å². The van der Waals surface area contributed by atoms with Crippen molar-refractivity contribution in [2.45, 2.75) is 38.1 Å². The zero-order valence-corrected chi connectivity index (χ0v) is 19.9. The molecule has 7 heteroatoms. The van der Waals surface area contributed by atoms with Gasteiger partial charge in [0.1, 0.15) is 0 Å². The maximum absolute atomic E-state index is 12.7. The van der Waals surface area contributed by atoms with Crippen molar-refractivity contribution >= 4 is 5.91 Å². The first-order chi connectivity index (χ1) is 16.6. The van der Waals surface area contributed by atoms with Gasteiger partial charge in [-0.2, -0.15) is 4.98 Å². The molecule has 0 atom stereocenters. The molecular formula is C27H33N5O2. The lowest BCUT2D eigenvalue weighted by Gasteiger charge is -2.43. The first-order valence-electron chi connectivity index (χ1n) is 12.3. The second-order valence-corrected chi connectivity index (χ2v) is 9.71. The van der Waals surface area contributed by atoms with Crippen LogP contribution in [0.1, 0.15) is 36.3 Å². The molecule has 1 saturated carbocycles. The highest BCUT2D eigenvalue weighted by atomic mass is 16.5. The molecule has 2 aliphatic rings. The number of piperazine rings is 1. The molecule has 1 saturated heterocycles. The van der Waals surface area contributed by atoms with Crippen LogP contribution < -0.4 is 5.32 Å². The van der Waals surface area contributed by atoms with E-state index in [2.05, 4.69) is 74.6 Å². The van der Waals surface area contributed by atoms with Crippen molar-refractivity contribution in [2.75, 3.05) is 39.3 Å². The molecule has 0 bridgehead atoms. The molecule has 1 amide bonds. The van der Waals surface area contributed by atoms with Crippen LogP contribution in [0.4, 0.5) is 0 Å². The van der Waals surface area contributed by atoms with Gasteiger partial charge in [-0.15, -0.1) is 0 Å². The van der Waals surface area contributed by atoms with Crippen LogP contribution in [0.5, 0.6) is 0 Å². The Morgan fingerprint density at radius 1 is 1.00 bits per heavy atom. The van der Waals surface area contributed by atoms with Crippen molar-refractivity contribution in [1.82, 2.24) is 25.3 Å². The minimum Gasteiger partial charge on any atom is -0.354 e. The van der Waals surface area contributed by atoms with Crippen molar-refractivity contribution in [3.05, 3.63) is 71.6 Å². The quantitative estimate of drug-likeness (QED) is 0.557. The van der Waals surface area contributed by atoms with Crippen LogP contribution >= 0.6 is 0 Å². The zero-order valence-electron chi connectivity index (χ0n) is 19.9. The van der Waals surface area contributed by atoms with Gasteiger partial charge in [-0.1, -0.05) is 71.7 Å². The SMILES string of the molecule is Cc1ccc(-c2noc(CN3CCN(CC(=O)NCC4(c5ccccc5)CCC4)CC3)n2)cc1. The molecule has 2 fully saturated rings. The van der Waals surface area contributed by atoms with E-state index < -0.39 is 0 Å². The lowest BCUT2D eigenvalue weighted by atomic mass is 9.64. The summed E-state index contributed by atoms with van der Waals surface area (Å²) >= 11 is 0. The fourth-order valence-electron chi connectivity index (χ4n) is 4.93. The van der Waals surface area contributed by atoms with Crippen LogP contribution in [0.25, 0.3) is 11.4 Å². The number of aryl methyl sites for hydroxylation is 1. The molecule has 0 unspecified atom stereocenters. The van der Waals surface area contributed by atoms with E-state index in [9.17, 15) is 4.79 Å². The summed E-state index contributed by atoms with van der Waals surface area (Å²) in [6.45, 7) is 7.36. The molecular weight excluding hydrogens is 426 g/mol. The fourth-order valence-corrected chi connectivity index (χ4v) is 4.93. The number of aromatic nitrogens is 2. The van der Waals surface area contributed by atoms with Crippen LogP contribution in [-0.2, 0) is 16.8 Å². The summed E-state index contributed by atoms with van der Waals surface area (Å²) in [5.41, 5.74) is 3.64. The highest BCUT2D eigenvalue weighted by Crippen LogP contribution is 2.43. The minimum absolute atomic E-state index is 0.121.